The number of rotatable bonds is 4. The van der Waals surface area contributed by atoms with Crippen molar-refractivity contribution in [3.8, 4) is 0 Å². The Morgan fingerprint density at radius 2 is 1.92 bits per heavy atom. The lowest BCUT2D eigenvalue weighted by atomic mass is 9.78. The van der Waals surface area contributed by atoms with E-state index in [1.54, 1.807) is 0 Å². The van der Waals surface area contributed by atoms with Gasteiger partial charge in [0.1, 0.15) is 27.6 Å². The van der Waals surface area contributed by atoms with Gasteiger partial charge in [0.05, 0.1) is 12.5 Å². The number of guanidine groups is 1. The molecule has 11 nitrogen and oxygen atoms in total. The average molecular weight is 543 g/mol. The highest BCUT2D eigenvalue weighted by molar-refractivity contribution is 7.91. The van der Waals surface area contributed by atoms with E-state index in [0.717, 1.165) is 39.3 Å². The van der Waals surface area contributed by atoms with Crippen molar-refractivity contribution in [3.05, 3.63) is 59.4 Å². The number of nitrogens with zero attached hydrogens (tertiary/aromatic N) is 4. The van der Waals surface area contributed by atoms with Gasteiger partial charge in [-0.3, -0.25) is 4.79 Å². The lowest BCUT2D eigenvalue weighted by Gasteiger charge is -2.48. The van der Waals surface area contributed by atoms with Crippen LogP contribution in [-0.4, -0.2) is 73.4 Å². The van der Waals surface area contributed by atoms with Crippen LogP contribution < -0.4 is 11.1 Å². The van der Waals surface area contributed by atoms with Crippen molar-refractivity contribution in [2.45, 2.75) is 23.6 Å². The maximum absolute atomic E-state index is 15.3. The fourth-order valence-corrected chi connectivity index (χ4v) is 7.76. The Morgan fingerprint density at radius 3 is 2.50 bits per heavy atom. The Kier molecular flexibility index (Phi) is 6.08. The first kappa shape index (κ1) is 25.9. The quantitative estimate of drug-likeness (QED) is 0.580. The molecule has 1 aromatic carbocycles. The molecule has 2 aliphatic rings. The highest BCUT2D eigenvalue weighted by Gasteiger charge is 2.67. The Hall–Kier alpha value is -3.17. The number of aliphatic imine (C=N–C) groups is 1. The molecular formula is C21H24F2N6O5S2. The van der Waals surface area contributed by atoms with E-state index in [1.165, 1.54) is 26.1 Å². The number of hydrogen-bond acceptors (Lipinski definition) is 8. The first-order valence-electron chi connectivity index (χ1n) is 10.6. The van der Waals surface area contributed by atoms with Crippen molar-refractivity contribution < 1.29 is 30.4 Å². The van der Waals surface area contributed by atoms with Gasteiger partial charge in [-0.25, -0.2) is 44.2 Å². The lowest BCUT2D eigenvalue weighted by molar-refractivity contribution is 0.102. The van der Waals surface area contributed by atoms with Crippen molar-refractivity contribution in [2.24, 2.45) is 10.7 Å². The summed E-state index contributed by atoms with van der Waals surface area (Å²) in [4.78, 5) is 20.6. The molecule has 4 rings (SSSR count). The molecule has 194 valence electrons. The van der Waals surface area contributed by atoms with Gasteiger partial charge in [0.2, 0.25) is 26.0 Å². The maximum Gasteiger partial charge on any atom is 0.274 e. The summed E-state index contributed by atoms with van der Waals surface area (Å²) in [5.41, 5.74) is 3.84. The van der Waals surface area contributed by atoms with Crippen molar-refractivity contribution >= 4 is 37.6 Å². The maximum atomic E-state index is 15.3. The van der Waals surface area contributed by atoms with Crippen LogP contribution in [0.4, 0.5) is 14.5 Å². The molecule has 0 bridgehead atoms. The van der Waals surface area contributed by atoms with Gasteiger partial charge in [0.15, 0.2) is 0 Å². The summed E-state index contributed by atoms with van der Waals surface area (Å²) in [7, 11) is -6.90. The highest BCUT2D eigenvalue weighted by Crippen LogP contribution is 2.52. The molecule has 36 heavy (non-hydrogen) atoms. The van der Waals surface area contributed by atoms with Crippen LogP contribution in [0.1, 0.15) is 29.4 Å². The topological polar surface area (TPSA) is 155 Å². The Balaban J connectivity index is 1.84. The minimum absolute atomic E-state index is 0.0852. The molecule has 2 atom stereocenters. The monoisotopic (exact) mass is 542 g/mol. The summed E-state index contributed by atoms with van der Waals surface area (Å²) < 4.78 is 80.3. The molecule has 3 heterocycles. The second kappa shape index (κ2) is 8.45. The fourth-order valence-electron chi connectivity index (χ4n) is 4.66. The van der Waals surface area contributed by atoms with Crippen LogP contribution in [0.25, 0.3) is 0 Å². The SMILES string of the molecule is CN1C(N)=N[C@](C)(c2cc(NC(=O)c3ccc(F)cn3)ccc2F)[C@@]2(CCN(S(C)(=O)=O)C2)S1(=O)=O. The van der Waals surface area contributed by atoms with E-state index in [4.69, 9.17) is 5.73 Å². The fraction of sp³-hybridized carbons (Fsp3) is 0.381. The van der Waals surface area contributed by atoms with E-state index in [2.05, 4.69) is 15.3 Å². The summed E-state index contributed by atoms with van der Waals surface area (Å²) in [6, 6.07) is 5.72. The van der Waals surface area contributed by atoms with Gasteiger partial charge < -0.3 is 11.1 Å². The van der Waals surface area contributed by atoms with Crippen molar-refractivity contribution in [1.82, 2.24) is 13.6 Å². The zero-order chi connectivity index (χ0) is 26.7. The van der Waals surface area contributed by atoms with Gasteiger partial charge in [0.25, 0.3) is 5.91 Å². The number of anilines is 1. The molecule has 3 N–H and O–H groups in total. The third-order valence-corrected chi connectivity index (χ3v) is 10.7. The molecular weight excluding hydrogens is 518 g/mol. The molecule has 0 saturated carbocycles. The standard InChI is InChI=1S/C21H24F2N6O5S2/c1-20(15-10-14(5-6-16(15)23)26-18(30)17-7-4-13(22)11-25-17)21(8-9-29(12-21)35(3,31)32)36(33,34)28(2)19(24)27-20/h4-7,10-11H,8-9,12H2,1-3H3,(H2,24,27)(H,26,30)/t20-,21+/m1/s1. The molecule has 0 radical (unpaired) electrons. The van der Waals surface area contributed by atoms with Crippen molar-refractivity contribution in [2.75, 3.05) is 31.7 Å². The third kappa shape index (κ3) is 3.90. The normalized spacial score (nSPS) is 26.1. The van der Waals surface area contributed by atoms with Gasteiger partial charge >= 0.3 is 0 Å². The Morgan fingerprint density at radius 1 is 1.22 bits per heavy atom. The number of pyridine rings is 1. The minimum Gasteiger partial charge on any atom is -0.369 e. The first-order chi connectivity index (χ1) is 16.6. The van der Waals surface area contributed by atoms with E-state index < -0.39 is 60.4 Å². The molecule has 1 aromatic heterocycles. The second-order valence-corrected chi connectivity index (χ2v) is 13.1. The average Bonchev–Trinajstić information content (AvgIpc) is 3.28. The van der Waals surface area contributed by atoms with Crippen molar-refractivity contribution in [1.29, 1.82) is 0 Å². The Bertz CT molecular complexity index is 1480. The van der Waals surface area contributed by atoms with Crippen LogP contribution in [-0.2, 0) is 25.6 Å². The van der Waals surface area contributed by atoms with Crippen LogP contribution in [0.5, 0.6) is 0 Å². The number of sulfonamides is 2. The van der Waals surface area contributed by atoms with Crippen LogP contribution >= 0.6 is 0 Å². The predicted octanol–water partition coefficient (Wildman–Crippen LogP) is 0.821. The van der Waals surface area contributed by atoms with E-state index in [1.807, 2.05) is 0 Å². The molecule has 1 spiro atoms. The first-order valence-corrected chi connectivity index (χ1v) is 13.9. The smallest absolute Gasteiger partial charge is 0.274 e. The molecule has 2 aliphatic heterocycles. The lowest BCUT2D eigenvalue weighted by Crippen LogP contribution is -2.66. The van der Waals surface area contributed by atoms with Gasteiger partial charge in [-0.15, -0.1) is 0 Å². The van der Waals surface area contributed by atoms with E-state index in [0.29, 0.717) is 0 Å². The number of nitrogens with two attached hydrogens (primary N) is 1. The summed E-state index contributed by atoms with van der Waals surface area (Å²) >= 11 is 0. The summed E-state index contributed by atoms with van der Waals surface area (Å²) in [5.74, 6) is -2.57. The van der Waals surface area contributed by atoms with Crippen molar-refractivity contribution in [3.63, 3.8) is 0 Å². The number of hydrogen-bond donors (Lipinski definition) is 2. The van der Waals surface area contributed by atoms with Crippen LogP contribution in [0.3, 0.4) is 0 Å². The van der Waals surface area contributed by atoms with Gasteiger partial charge in [-0.2, -0.15) is 0 Å². The number of carbonyl (C=O) groups is 1. The third-order valence-electron chi connectivity index (χ3n) is 6.78. The molecule has 15 heteroatoms. The number of aromatic nitrogens is 1. The van der Waals surface area contributed by atoms with E-state index >= 15 is 4.39 Å². The summed E-state index contributed by atoms with van der Waals surface area (Å²) in [6.45, 7) is 0.786. The summed E-state index contributed by atoms with van der Waals surface area (Å²) in [5, 5.41) is 2.52. The van der Waals surface area contributed by atoms with E-state index in [-0.39, 0.29) is 29.9 Å². The zero-order valence-electron chi connectivity index (χ0n) is 19.6. The molecule has 0 unspecified atom stereocenters. The second-order valence-electron chi connectivity index (χ2n) is 8.87. The number of carbonyl (C=O) groups excluding carboxylic acids is 1. The molecule has 0 aliphatic carbocycles. The molecule has 1 amide bonds. The van der Waals surface area contributed by atoms with Gasteiger partial charge in [-0.1, -0.05) is 0 Å². The van der Waals surface area contributed by atoms with Crippen LogP contribution in [0.2, 0.25) is 0 Å². The summed E-state index contributed by atoms with van der Waals surface area (Å²) in [6.07, 6.45) is 1.65. The number of amides is 1. The largest absolute Gasteiger partial charge is 0.369 e. The molecule has 2 aromatic rings. The number of benzene rings is 1. The van der Waals surface area contributed by atoms with Crippen LogP contribution in [0.15, 0.2) is 41.5 Å². The molecule has 1 fully saturated rings. The molecule has 1 saturated heterocycles. The number of nitrogens with one attached hydrogen (secondary N) is 1. The van der Waals surface area contributed by atoms with Gasteiger partial charge in [-0.05, 0) is 43.7 Å². The van der Waals surface area contributed by atoms with Crippen LogP contribution in [0, 0.1) is 11.6 Å². The highest BCUT2D eigenvalue weighted by atomic mass is 32.2. The van der Waals surface area contributed by atoms with Gasteiger partial charge in [0, 0.05) is 31.4 Å². The number of halogens is 2. The Labute approximate surface area is 207 Å². The predicted molar refractivity (Wildman–Crippen MR) is 128 cm³/mol. The minimum atomic E-state index is -4.33. The zero-order valence-corrected chi connectivity index (χ0v) is 21.2. The van der Waals surface area contributed by atoms with E-state index in [9.17, 15) is 26.0 Å².